The van der Waals surface area contributed by atoms with E-state index in [-0.39, 0.29) is 0 Å². The van der Waals surface area contributed by atoms with Gasteiger partial charge in [0.15, 0.2) is 0 Å². The van der Waals surface area contributed by atoms with Gasteiger partial charge in [0.05, 0.1) is 0 Å². The summed E-state index contributed by atoms with van der Waals surface area (Å²) in [6.07, 6.45) is 2.22. The summed E-state index contributed by atoms with van der Waals surface area (Å²) in [6.45, 7) is 9.81. The van der Waals surface area contributed by atoms with Crippen molar-refractivity contribution in [1.29, 1.82) is 0 Å². The van der Waals surface area contributed by atoms with E-state index < -0.39 is 0 Å². The van der Waals surface area contributed by atoms with E-state index >= 15 is 0 Å². The maximum Gasteiger partial charge on any atom is 0.135 e. The van der Waals surface area contributed by atoms with Gasteiger partial charge in [-0.3, -0.25) is 0 Å². The van der Waals surface area contributed by atoms with E-state index in [4.69, 9.17) is 9.15 Å². The maximum absolute atomic E-state index is 5.97. The largest absolute Gasteiger partial charge is 0.458 e. The molecular formula is C18H27NO2. The van der Waals surface area contributed by atoms with Crippen molar-refractivity contribution in [3.63, 3.8) is 0 Å². The van der Waals surface area contributed by atoms with Gasteiger partial charge in [0.2, 0.25) is 0 Å². The topological polar surface area (TPSA) is 34.4 Å². The van der Waals surface area contributed by atoms with Crippen LogP contribution in [-0.4, -0.2) is 13.2 Å². The predicted molar refractivity (Wildman–Crippen MR) is 87.3 cm³/mol. The summed E-state index contributed by atoms with van der Waals surface area (Å²) in [6, 6.07) is 8.22. The Hall–Kier alpha value is -1.32. The molecule has 0 aliphatic heterocycles. The van der Waals surface area contributed by atoms with Gasteiger partial charge in [0.25, 0.3) is 0 Å². The van der Waals surface area contributed by atoms with Gasteiger partial charge >= 0.3 is 0 Å². The molecule has 1 aromatic heterocycles. The van der Waals surface area contributed by atoms with Crippen molar-refractivity contribution in [1.82, 2.24) is 5.32 Å². The Morgan fingerprint density at radius 2 is 2.05 bits per heavy atom. The smallest absolute Gasteiger partial charge is 0.135 e. The van der Waals surface area contributed by atoms with Crippen molar-refractivity contribution in [2.75, 3.05) is 13.2 Å². The summed E-state index contributed by atoms with van der Waals surface area (Å²) in [5.41, 5.74) is 2.19. The van der Waals surface area contributed by atoms with Crippen LogP contribution in [-0.2, 0) is 17.9 Å². The van der Waals surface area contributed by atoms with E-state index in [2.05, 4.69) is 38.2 Å². The molecule has 1 heterocycles. The average molecular weight is 289 g/mol. The molecule has 0 unspecified atom stereocenters. The lowest BCUT2D eigenvalue weighted by molar-refractivity contribution is 0.0973. The Morgan fingerprint density at radius 1 is 1.24 bits per heavy atom. The fraction of sp³-hybridized carbons (Fsp3) is 0.556. The highest BCUT2D eigenvalue weighted by atomic mass is 16.5. The number of fused-ring (bicyclic) bond motifs is 1. The molecule has 21 heavy (non-hydrogen) atoms. The number of ether oxygens (including phenoxy) is 1. The van der Waals surface area contributed by atoms with Gasteiger partial charge in [-0.1, -0.05) is 39.0 Å². The van der Waals surface area contributed by atoms with Crippen LogP contribution in [0.1, 0.15) is 44.9 Å². The molecule has 2 rings (SSSR count). The summed E-state index contributed by atoms with van der Waals surface area (Å²) >= 11 is 0. The van der Waals surface area contributed by atoms with E-state index in [9.17, 15) is 0 Å². The summed E-state index contributed by atoms with van der Waals surface area (Å²) < 4.78 is 11.8. The third-order valence-corrected chi connectivity index (χ3v) is 3.58. The number of furan rings is 1. The molecule has 0 amide bonds. The molecule has 0 bridgehead atoms. The first-order chi connectivity index (χ1) is 10.2. The minimum atomic E-state index is 0.560. The molecule has 3 nitrogen and oxygen atoms in total. The van der Waals surface area contributed by atoms with E-state index in [1.165, 1.54) is 10.9 Å². The Morgan fingerprint density at radius 3 is 2.81 bits per heavy atom. The van der Waals surface area contributed by atoms with Crippen LogP contribution in [0.25, 0.3) is 11.0 Å². The molecule has 0 saturated carbocycles. The Bertz CT molecular complexity index is 545. The van der Waals surface area contributed by atoms with Crippen molar-refractivity contribution < 1.29 is 9.15 Å². The van der Waals surface area contributed by atoms with Crippen molar-refractivity contribution in [2.24, 2.45) is 5.92 Å². The third-order valence-electron chi connectivity index (χ3n) is 3.58. The summed E-state index contributed by atoms with van der Waals surface area (Å²) in [4.78, 5) is 0. The van der Waals surface area contributed by atoms with Crippen LogP contribution in [0.5, 0.6) is 0 Å². The molecule has 0 fully saturated rings. The lowest BCUT2D eigenvalue weighted by atomic mass is 10.1. The van der Waals surface area contributed by atoms with E-state index in [1.807, 2.05) is 12.1 Å². The molecule has 0 radical (unpaired) electrons. The zero-order valence-electron chi connectivity index (χ0n) is 13.4. The van der Waals surface area contributed by atoms with Gasteiger partial charge in [0.1, 0.15) is 18.0 Å². The molecule has 0 aliphatic rings. The first-order valence-corrected chi connectivity index (χ1v) is 8.00. The van der Waals surface area contributed by atoms with Crippen molar-refractivity contribution in [3.05, 3.63) is 35.6 Å². The second kappa shape index (κ2) is 8.20. The SMILES string of the molecule is CCCNCc1c(COCCC(C)C)oc2ccccc12. The van der Waals surface area contributed by atoms with E-state index in [0.717, 1.165) is 43.9 Å². The quantitative estimate of drug-likeness (QED) is 0.690. The van der Waals surface area contributed by atoms with Crippen LogP contribution in [0.3, 0.4) is 0 Å². The van der Waals surface area contributed by atoms with Gasteiger partial charge in [-0.2, -0.15) is 0 Å². The monoisotopic (exact) mass is 289 g/mol. The van der Waals surface area contributed by atoms with Crippen molar-refractivity contribution in [2.45, 2.75) is 46.8 Å². The number of benzene rings is 1. The molecule has 2 aromatic rings. The van der Waals surface area contributed by atoms with Crippen LogP contribution in [0.15, 0.2) is 28.7 Å². The third kappa shape index (κ3) is 4.58. The van der Waals surface area contributed by atoms with Crippen LogP contribution in [0, 0.1) is 5.92 Å². The molecule has 0 saturated heterocycles. The minimum Gasteiger partial charge on any atom is -0.458 e. The molecule has 3 heteroatoms. The fourth-order valence-electron chi connectivity index (χ4n) is 2.33. The van der Waals surface area contributed by atoms with Crippen LogP contribution >= 0.6 is 0 Å². The van der Waals surface area contributed by atoms with Gasteiger partial charge in [-0.05, 0) is 31.4 Å². The van der Waals surface area contributed by atoms with Gasteiger partial charge in [0, 0.05) is 24.1 Å². The normalized spacial score (nSPS) is 11.6. The van der Waals surface area contributed by atoms with Crippen molar-refractivity contribution in [3.8, 4) is 0 Å². The molecular weight excluding hydrogens is 262 g/mol. The summed E-state index contributed by atoms with van der Waals surface area (Å²) in [5.74, 6) is 1.63. The molecule has 0 spiro atoms. The average Bonchev–Trinajstić information content (AvgIpc) is 2.82. The second-order valence-electron chi connectivity index (χ2n) is 5.91. The number of hydrogen-bond acceptors (Lipinski definition) is 3. The van der Waals surface area contributed by atoms with Crippen molar-refractivity contribution >= 4 is 11.0 Å². The number of hydrogen-bond donors (Lipinski definition) is 1. The zero-order valence-corrected chi connectivity index (χ0v) is 13.4. The van der Waals surface area contributed by atoms with Gasteiger partial charge in [-0.25, -0.2) is 0 Å². The van der Waals surface area contributed by atoms with E-state index in [1.54, 1.807) is 0 Å². The molecule has 1 aromatic carbocycles. The molecule has 0 aliphatic carbocycles. The Labute approximate surface area is 127 Å². The second-order valence-corrected chi connectivity index (χ2v) is 5.91. The number of nitrogens with one attached hydrogen (secondary N) is 1. The van der Waals surface area contributed by atoms with Gasteiger partial charge < -0.3 is 14.5 Å². The van der Waals surface area contributed by atoms with Gasteiger partial charge in [-0.15, -0.1) is 0 Å². The Kier molecular flexibility index (Phi) is 6.27. The maximum atomic E-state index is 5.97. The van der Waals surface area contributed by atoms with Crippen LogP contribution in [0.2, 0.25) is 0 Å². The first-order valence-electron chi connectivity index (χ1n) is 8.00. The van der Waals surface area contributed by atoms with E-state index in [0.29, 0.717) is 12.5 Å². The molecule has 0 atom stereocenters. The highest BCUT2D eigenvalue weighted by Crippen LogP contribution is 2.26. The minimum absolute atomic E-state index is 0.560. The first kappa shape index (κ1) is 16.1. The van der Waals surface area contributed by atoms with Crippen LogP contribution < -0.4 is 5.32 Å². The summed E-state index contributed by atoms with van der Waals surface area (Å²) in [7, 11) is 0. The highest BCUT2D eigenvalue weighted by Gasteiger charge is 2.13. The molecule has 1 N–H and O–H groups in total. The molecule has 116 valence electrons. The number of para-hydroxylation sites is 1. The fourth-order valence-corrected chi connectivity index (χ4v) is 2.33. The Balaban J connectivity index is 2.07. The van der Waals surface area contributed by atoms with Crippen LogP contribution in [0.4, 0.5) is 0 Å². The summed E-state index contributed by atoms with van der Waals surface area (Å²) in [5, 5.41) is 4.66. The zero-order chi connectivity index (χ0) is 15.1. The lowest BCUT2D eigenvalue weighted by Crippen LogP contribution is -2.14. The predicted octanol–water partition coefficient (Wildman–Crippen LogP) is 4.50. The highest BCUT2D eigenvalue weighted by molar-refractivity contribution is 5.82. The standard InChI is InChI=1S/C18H27NO2/c1-4-10-19-12-16-15-7-5-6-8-17(15)21-18(16)13-20-11-9-14(2)3/h5-8,14,19H,4,9-13H2,1-3H3. The lowest BCUT2D eigenvalue weighted by Gasteiger charge is -2.07. The number of rotatable bonds is 9.